The van der Waals surface area contributed by atoms with Gasteiger partial charge in [0.1, 0.15) is 5.82 Å². The van der Waals surface area contributed by atoms with E-state index in [1.807, 2.05) is 0 Å². The highest BCUT2D eigenvalue weighted by molar-refractivity contribution is 9.10. The van der Waals surface area contributed by atoms with Crippen LogP contribution in [-0.4, -0.2) is 16.1 Å². The van der Waals surface area contributed by atoms with Crippen molar-refractivity contribution in [3.63, 3.8) is 0 Å². The number of aromatic amines is 1. The lowest BCUT2D eigenvalue weighted by Gasteiger charge is -2.06. The molecule has 0 saturated carbocycles. The predicted octanol–water partition coefficient (Wildman–Crippen LogP) is 2.24. The lowest BCUT2D eigenvalue weighted by atomic mass is 10.2. The Morgan fingerprint density at radius 1 is 1.53 bits per heavy atom. The number of hydrogen-bond acceptors (Lipinski definition) is 2. The van der Waals surface area contributed by atoms with Crippen LogP contribution in [0.5, 0.6) is 0 Å². The van der Waals surface area contributed by atoms with E-state index in [0.717, 1.165) is 4.47 Å². The lowest BCUT2D eigenvalue weighted by molar-refractivity contribution is 0.0951. The number of H-pyrrole nitrogens is 1. The zero-order chi connectivity index (χ0) is 12.3. The fraction of sp³-hybridized carbons (Fsp3) is 0.0909. The Morgan fingerprint density at radius 2 is 2.35 bits per heavy atom. The second-order valence-corrected chi connectivity index (χ2v) is 4.26. The third kappa shape index (κ3) is 2.91. The molecule has 0 saturated heterocycles. The van der Waals surface area contributed by atoms with Crippen LogP contribution in [0.15, 0.2) is 35.1 Å². The van der Waals surface area contributed by atoms with E-state index >= 15 is 0 Å². The van der Waals surface area contributed by atoms with Crippen molar-refractivity contribution < 1.29 is 9.18 Å². The summed E-state index contributed by atoms with van der Waals surface area (Å²) in [5.74, 6) is -0.587. The standard InChI is InChI=1S/C11H9BrFN3O/c12-10-2-1-9(13)3-7(10)4-14-11(17)8-5-15-16-6-8/h1-3,5-6H,4H2,(H,14,17)(H,15,16). The molecule has 0 aliphatic heterocycles. The number of carbonyl (C=O) groups excluding carboxylic acids is 1. The summed E-state index contributed by atoms with van der Waals surface area (Å²) in [4.78, 5) is 11.6. The van der Waals surface area contributed by atoms with Crippen molar-refractivity contribution in [3.8, 4) is 0 Å². The third-order valence-corrected chi connectivity index (χ3v) is 2.98. The van der Waals surface area contributed by atoms with E-state index in [9.17, 15) is 9.18 Å². The number of rotatable bonds is 3. The lowest BCUT2D eigenvalue weighted by Crippen LogP contribution is -2.22. The molecular weight excluding hydrogens is 289 g/mol. The van der Waals surface area contributed by atoms with Crippen LogP contribution in [0.1, 0.15) is 15.9 Å². The zero-order valence-electron chi connectivity index (χ0n) is 8.71. The molecule has 0 fully saturated rings. The zero-order valence-corrected chi connectivity index (χ0v) is 10.3. The van der Waals surface area contributed by atoms with Crippen LogP contribution >= 0.6 is 15.9 Å². The second kappa shape index (κ2) is 5.09. The SMILES string of the molecule is O=C(NCc1cc(F)ccc1Br)c1cn[nH]c1. The third-order valence-electron chi connectivity index (χ3n) is 2.21. The van der Waals surface area contributed by atoms with Gasteiger partial charge in [0.25, 0.3) is 5.91 Å². The molecule has 1 heterocycles. The summed E-state index contributed by atoms with van der Waals surface area (Å²) in [5.41, 5.74) is 1.12. The van der Waals surface area contributed by atoms with Gasteiger partial charge in [-0.15, -0.1) is 0 Å². The summed E-state index contributed by atoms with van der Waals surface area (Å²) in [5, 5.41) is 8.90. The number of benzene rings is 1. The Morgan fingerprint density at radius 3 is 3.06 bits per heavy atom. The van der Waals surface area contributed by atoms with Gasteiger partial charge in [-0.05, 0) is 23.8 Å². The van der Waals surface area contributed by atoms with Crippen LogP contribution in [0.25, 0.3) is 0 Å². The monoisotopic (exact) mass is 297 g/mol. The first-order chi connectivity index (χ1) is 8.16. The van der Waals surface area contributed by atoms with Crippen molar-refractivity contribution in [2.24, 2.45) is 0 Å². The van der Waals surface area contributed by atoms with Gasteiger partial charge in [-0.1, -0.05) is 15.9 Å². The molecule has 1 aromatic heterocycles. The summed E-state index contributed by atoms with van der Waals surface area (Å²) >= 11 is 3.29. The molecular formula is C11H9BrFN3O. The second-order valence-electron chi connectivity index (χ2n) is 3.41. The Labute approximate surface area is 105 Å². The van der Waals surface area contributed by atoms with E-state index in [0.29, 0.717) is 11.1 Å². The normalized spacial score (nSPS) is 10.2. The minimum atomic E-state index is -0.333. The van der Waals surface area contributed by atoms with Gasteiger partial charge in [-0.25, -0.2) is 4.39 Å². The Balaban J connectivity index is 2.03. The first-order valence-electron chi connectivity index (χ1n) is 4.88. The summed E-state index contributed by atoms with van der Waals surface area (Å²) < 4.78 is 13.8. The first-order valence-corrected chi connectivity index (χ1v) is 5.67. The highest BCUT2D eigenvalue weighted by Crippen LogP contribution is 2.17. The summed E-state index contributed by atoms with van der Waals surface area (Å²) in [7, 11) is 0. The summed E-state index contributed by atoms with van der Waals surface area (Å²) in [6.45, 7) is 0.252. The molecule has 2 aromatic rings. The molecule has 0 aliphatic rings. The molecule has 2 N–H and O–H groups in total. The van der Waals surface area contributed by atoms with Gasteiger partial charge in [-0.3, -0.25) is 9.89 Å². The van der Waals surface area contributed by atoms with E-state index in [-0.39, 0.29) is 18.3 Å². The van der Waals surface area contributed by atoms with Crippen LogP contribution in [0.4, 0.5) is 4.39 Å². The predicted molar refractivity (Wildman–Crippen MR) is 63.9 cm³/mol. The Bertz CT molecular complexity index is 528. The van der Waals surface area contributed by atoms with E-state index in [2.05, 4.69) is 31.4 Å². The van der Waals surface area contributed by atoms with Crippen LogP contribution in [0.2, 0.25) is 0 Å². The van der Waals surface area contributed by atoms with Crippen LogP contribution in [-0.2, 0) is 6.54 Å². The molecule has 1 aromatic carbocycles. The van der Waals surface area contributed by atoms with Crippen molar-refractivity contribution in [1.29, 1.82) is 0 Å². The van der Waals surface area contributed by atoms with Gasteiger partial charge in [0.05, 0.1) is 11.8 Å². The average molecular weight is 298 g/mol. The van der Waals surface area contributed by atoms with Crippen molar-refractivity contribution in [3.05, 3.63) is 52.0 Å². The van der Waals surface area contributed by atoms with Gasteiger partial charge in [0.2, 0.25) is 0 Å². The van der Waals surface area contributed by atoms with E-state index in [4.69, 9.17) is 0 Å². The maximum atomic E-state index is 13.0. The summed E-state index contributed by atoms with van der Waals surface area (Å²) in [6.07, 6.45) is 2.92. The van der Waals surface area contributed by atoms with E-state index in [1.165, 1.54) is 24.5 Å². The molecule has 2 rings (SSSR count). The molecule has 0 atom stereocenters. The smallest absolute Gasteiger partial charge is 0.254 e. The van der Waals surface area contributed by atoms with Crippen molar-refractivity contribution in [2.75, 3.05) is 0 Å². The van der Waals surface area contributed by atoms with Crippen LogP contribution in [0.3, 0.4) is 0 Å². The van der Waals surface area contributed by atoms with Crippen LogP contribution in [0, 0.1) is 5.82 Å². The van der Waals surface area contributed by atoms with Crippen molar-refractivity contribution >= 4 is 21.8 Å². The number of hydrogen-bond donors (Lipinski definition) is 2. The largest absolute Gasteiger partial charge is 0.348 e. The molecule has 0 spiro atoms. The maximum absolute atomic E-state index is 13.0. The molecule has 88 valence electrons. The van der Waals surface area contributed by atoms with Gasteiger partial charge >= 0.3 is 0 Å². The fourth-order valence-corrected chi connectivity index (χ4v) is 1.72. The fourth-order valence-electron chi connectivity index (χ4n) is 1.33. The van der Waals surface area contributed by atoms with Gasteiger partial charge in [-0.2, -0.15) is 5.10 Å². The van der Waals surface area contributed by atoms with Crippen LogP contribution < -0.4 is 5.32 Å². The Hall–Kier alpha value is -1.69. The van der Waals surface area contributed by atoms with E-state index < -0.39 is 0 Å². The first kappa shape index (κ1) is 11.8. The average Bonchev–Trinajstić information content (AvgIpc) is 2.83. The highest BCUT2D eigenvalue weighted by atomic mass is 79.9. The molecule has 0 unspecified atom stereocenters. The van der Waals surface area contributed by atoms with Gasteiger partial charge in [0, 0.05) is 17.2 Å². The molecule has 0 aliphatic carbocycles. The molecule has 17 heavy (non-hydrogen) atoms. The quantitative estimate of drug-likeness (QED) is 0.913. The minimum absolute atomic E-state index is 0.252. The number of nitrogens with zero attached hydrogens (tertiary/aromatic N) is 1. The van der Waals surface area contributed by atoms with E-state index in [1.54, 1.807) is 6.07 Å². The number of halogens is 2. The minimum Gasteiger partial charge on any atom is -0.348 e. The topological polar surface area (TPSA) is 57.8 Å². The molecule has 1 amide bonds. The van der Waals surface area contributed by atoms with Crippen molar-refractivity contribution in [1.82, 2.24) is 15.5 Å². The Kier molecular flexibility index (Phi) is 3.53. The molecule has 0 bridgehead atoms. The maximum Gasteiger partial charge on any atom is 0.254 e. The van der Waals surface area contributed by atoms with Gasteiger partial charge in [0.15, 0.2) is 0 Å². The van der Waals surface area contributed by atoms with Crippen molar-refractivity contribution in [2.45, 2.75) is 6.54 Å². The number of aromatic nitrogens is 2. The highest BCUT2D eigenvalue weighted by Gasteiger charge is 2.07. The number of carbonyl (C=O) groups is 1. The number of amides is 1. The summed E-state index contributed by atoms with van der Waals surface area (Å²) in [6, 6.07) is 4.33. The molecule has 6 heteroatoms. The van der Waals surface area contributed by atoms with Gasteiger partial charge < -0.3 is 5.32 Å². The molecule has 4 nitrogen and oxygen atoms in total. The number of nitrogens with one attached hydrogen (secondary N) is 2. The molecule has 0 radical (unpaired) electrons.